The molecule has 6 nitrogen and oxygen atoms in total. The summed E-state index contributed by atoms with van der Waals surface area (Å²) in [5.74, 6) is 1.00. The van der Waals surface area contributed by atoms with Gasteiger partial charge in [0.1, 0.15) is 0 Å². The fraction of sp³-hybridized carbons (Fsp3) is 0.714. The number of thiocarbonyl (C=S) groups is 1. The van der Waals surface area contributed by atoms with E-state index in [2.05, 4.69) is 15.5 Å². The van der Waals surface area contributed by atoms with Crippen LogP contribution in [0.3, 0.4) is 0 Å². The second-order valence-corrected chi connectivity index (χ2v) is 5.62. The fourth-order valence-electron chi connectivity index (χ4n) is 2.46. The van der Waals surface area contributed by atoms with Gasteiger partial charge in [0, 0.05) is 19.9 Å². The second kappa shape index (κ2) is 8.07. The van der Waals surface area contributed by atoms with E-state index in [9.17, 15) is 4.79 Å². The van der Waals surface area contributed by atoms with E-state index in [0.29, 0.717) is 37.5 Å². The molecule has 0 aromatic carbocycles. The van der Waals surface area contributed by atoms with Crippen LogP contribution in [0.4, 0.5) is 0 Å². The molecule has 0 saturated carbocycles. The topological polar surface area (TPSA) is 94.0 Å². The molecule has 0 bridgehead atoms. The van der Waals surface area contributed by atoms with Crippen LogP contribution in [-0.4, -0.2) is 27.6 Å². The van der Waals surface area contributed by atoms with Gasteiger partial charge < -0.3 is 15.6 Å². The molecule has 118 valence electrons. The van der Waals surface area contributed by atoms with E-state index in [1.807, 2.05) is 13.8 Å². The average Bonchev–Trinajstić information content (AvgIpc) is 2.83. The predicted molar refractivity (Wildman–Crippen MR) is 84.8 cm³/mol. The number of amides is 1. The molecule has 7 heteroatoms. The summed E-state index contributed by atoms with van der Waals surface area (Å²) in [5, 5.41) is 6.70. The highest BCUT2D eigenvalue weighted by molar-refractivity contribution is 7.80. The molecule has 0 spiro atoms. The van der Waals surface area contributed by atoms with Gasteiger partial charge in [-0.25, -0.2) is 0 Å². The van der Waals surface area contributed by atoms with E-state index >= 15 is 0 Å². The Kier molecular flexibility index (Phi) is 6.74. The molecule has 0 saturated heterocycles. The summed E-state index contributed by atoms with van der Waals surface area (Å²) in [5.41, 5.74) is 5.12. The summed E-state index contributed by atoms with van der Waals surface area (Å²) < 4.78 is 4.89. The fourth-order valence-corrected chi connectivity index (χ4v) is 2.76. The van der Waals surface area contributed by atoms with E-state index in [-0.39, 0.29) is 10.9 Å². The van der Waals surface area contributed by atoms with Gasteiger partial charge in [0.15, 0.2) is 5.82 Å². The Bertz CT molecular complexity index is 481. The summed E-state index contributed by atoms with van der Waals surface area (Å²) >= 11 is 5.16. The maximum atomic E-state index is 12.5. The molecule has 1 amide bonds. The lowest BCUT2D eigenvalue weighted by Gasteiger charge is -2.31. The number of aromatic nitrogens is 2. The van der Waals surface area contributed by atoms with Crippen molar-refractivity contribution in [3.63, 3.8) is 0 Å². The van der Waals surface area contributed by atoms with Crippen molar-refractivity contribution in [1.82, 2.24) is 15.5 Å². The van der Waals surface area contributed by atoms with Gasteiger partial charge in [-0.05, 0) is 12.8 Å². The van der Waals surface area contributed by atoms with Crippen LogP contribution in [0.5, 0.6) is 0 Å². The molecule has 1 aromatic heterocycles. The molecular weight excluding hydrogens is 288 g/mol. The number of carbonyl (C=O) groups is 1. The lowest BCUT2D eigenvalue weighted by atomic mass is 9.78. The summed E-state index contributed by atoms with van der Waals surface area (Å²) in [7, 11) is 0. The van der Waals surface area contributed by atoms with E-state index in [4.69, 9.17) is 22.5 Å². The minimum Gasteiger partial charge on any atom is -0.392 e. The van der Waals surface area contributed by atoms with Gasteiger partial charge in [-0.15, -0.1) is 0 Å². The maximum Gasteiger partial charge on any atom is 0.233 e. The smallest absolute Gasteiger partial charge is 0.233 e. The largest absolute Gasteiger partial charge is 0.392 e. The first-order chi connectivity index (χ1) is 9.96. The monoisotopic (exact) mass is 312 g/mol. The number of hydrogen-bond donors (Lipinski definition) is 2. The number of nitrogens with one attached hydrogen (secondary N) is 1. The first-order valence-corrected chi connectivity index (χ1v) is 7.74. The first kappa shape index (κ1) is 17.6. The molecule has 1 heterocycles. The van der Waals surface area contributed by atoms with Crippen molar-refractivity contribution in [2.75, 3.05) is 6.54 Å². The molecule has 0 radical (unpaired) electrons. The molecule has 0 atom stereocenters. The zero-order valence-electron chi connectivity index (χ0n) is 12.9. The number of nitrogens with zero attached hydrogens (tertiary/aromatic N) is 2. The Morgan fingerprint density at radius 3 is 2.43 bits per heavy atom. The molecule has 0 aliphatic carbocycles. The maximum absolute atomic E-state index is 12.5. The summed E-state index contributed by atoms with van der Waals surface area (Å²) in [6, 6.07) is 0. The van der Waals surface area contributed by atoms with Crippen LogP contribution in [0, 0.1) is 12.3 Å². The first-order valence-electron chi connectivity index (χ1n) is 7.33. The average molecular weight is 312 g/mol. The quantitative estimate of drug-likeness (QED) is 0.676. The summed E-state index contributed by atoms with van der Waals surface area (Å²) in [4.78, 5) is 16.9. The van der Waals surface area contributed by atoms with Crippen molar-refractivity contribution in [3.05, 3.63) is 11.7 Å². The number of hydrogen-bond acceptors (Lipinski definition) is 5. The van der Waals surface area contributed by atoms with Crippen LogP contribution >= 0.6 is 12.2 Å². The summed E-state index contributed by atoms with van der Waals surface area (Å²) in [6.07, 6.45) is 3.57. The number of carbonyl (C=O) groups excluding carboxylic acids is 1. The predicted octanol–water partition coefficient (Wildman–Crippen LogP) is 1.91. The standard InChI is InChI=1S/C14H24N4O2S/c1-4-7-14(8-5-2,12(15)21)13(19)16-9-6-11-17-10(3)20-18-11/h4-9H2,1-3H3,(H2,15,21)(H,16,19). The Morgan fingerprint density at radius 1 is 1.38 bits per heavy atom. The number of nitrogens with two attached hydrogens (primary N) is 1. The van der Waals surface area contributed by atoms with Gasteiger partial charge in [0.25, 0.3) is 0 Å². The minimum absolute atomic E-state index is 0.0982. The lowest BCUT2D eigenvalue weighted by Crippen LogP contribution is -2.49. The van der Waals surface area contributed by atoms with Gasteiger partial charge in [0.05, 0.1) is 10.4 Å². The van der Waals surface area contributed by atoms with Crippen molar-refractivity contribution < 1.29 is 9.32 Å². The highest BCUT2D eigenvalue weighted by atomic mass is 32.1. The van der Waals surface area contributed by atoms with Crippen molar-refractivity contribution in [2.24, 2.45) is 11.1 Å². The number of aryl methyl sites for hydroxylation is 1. The highest BCUT2D eigenvalue weighted by Gasteiger charge is 2.39. The molecule has 3 N–H and O–H groups in total. The van der Waals surface area contributed by atoms with Crippen molar-refractivity contribution in [3.8, 4) is 0 Å². The van der Waals surface area contributed by atoms with Crippen LogP contribution in [0.15, 0.2) is 4.52 Å². The lowest BCUT2D eigenvalue weighted by molar-refractivity contribution is -0.128. The Hall–Kier alpha value is -1.50. The zero-order valence-corrected chi connectivity index (χ0v) is 13.8. The normalized spacial score (nSPS) is 11.4. The SMILES string of the molecule is CCCC(CCC)(C(=O)NCCc1noc(C)n1)C(N)=S. The van der Waals surface area contributed by atoms with Gasteiger partial charge in [0.2, 0.25) is 11.8 Å². The second-order valence-electron chi connectivity index (χ2n) is 5.18. The van der Waals surface area contributed by atoms with Crippen LogP contribution in [0.1, 0.15) is 51.2 Å². The van der Waals surface area contributed by atoms with Gasteiger partial charge >= 0.3 is 0 Å². The van der Waals surface area contributed by atoms with Crippen LogP contribution in [-0.2, 0) is 11.2 Å². The third-order valence-electron chi connectivity index (χ3n) is 3.46. The molecule has 1 aromatic rings. The molecule has 0 fully saturated rings. The Balaban J connectivity index is 2.65. The third kappa shape index (κ3) is 4.49. The highest BCUT2D eigenvalue weighted by Crippen LogP contribution is 2.30. The van der Waals surface area contributed by atoms with E-state index in [1.165, 1.54) is 0 Å². The molecule has 0 aliphatic rings. The number of rotatable bonds is 9. The Labute approximate surface area is 130 Å². The third-order valence-corrected chi connectivity index (χ3v) is 3.85. The zero-order chi connectivity index (χ0) is 15.9. The van der Waals surface area contributed by atoms with Crippen molar-refractivity contribution in [2.45, 2.75) is 52.9 Å². The van der Waals surface area contributed by atoms with Crippen LogP contribution < -0.4 is 11.1 Å². The van der Waals surface area contributed by atoms with E-state index in [0.717, 1.165) is 12.8 Å². The van der Waals surface area contributed by atoms with Gasteiger partial charge in [-0.2, -0.15) is 4.98 Å². The van der Waals surface area contributed by atoms with Crippen LogP contribution in [0.25, 0.3) is 0 Å². The molecule has 0 unspecified atom stereocenters. The van der Waals surface area contributed by atoms with Crippen molar-refractivity contribution in [1.29, 1.82) is 0 Å². The molecule has 21 heavy (non-hydrogen) atoms. The summed E-state index contributed by atoms with van der Waals surface area (Å²) in [6.45, 7) is 6.22. The van der Waals surface area contributed by atoms with E-state index < -0.39 is 5.41 Å². The molecular formula is C14H24N4O2S. The van der Waals surface area contributed by atoms with Crippen LogP contribution in [0.2, 0.25) is 0 Å². The molecule has 1 rings (SSSR count). The van der Waals surface area contributed by atoms with Crippen molar-refractivity contribution >= 4 is 23.1 Å². The Morgan fingerprint density at radius 2 is 2.00 bits per heavy atom. The van der Waals surface area contributed by atoms with Gasteiger partial charge in [-0.3, -0.25) is 4.79 Å². The van der Waals surface area contributed by atoms with Gasteiger partial charge in [-0.1, -0.05) is 44.1 Å². The minimum atomic E-state index is -0.744. The van der Waals surface area contributed by atoms with E-state index in [1.54, 1.807) is 6.92 Å². The molecule has 0 aliphatic heterocycles.